The number of nitrogens with one attached hydrogen (secondary N) is 1. The van der Waals surface area contributed by atoms with Gasteiger partial charge in [0.05, 0.1) is 0 Å². The minimum atomic E-state index is -0.177. The van der Waals surface area contributed by atoms with Crippen LogP contribution >= 0.6 is 0 Å². The highest BCUT2D eigenvalue weighted by atomic mass is 16.2. The summed E-state index contributed by atoms with van der Waals surface area (Å²) >= 11 is 0. The molecule has 1 N–H and O–H groups in total. The van der Waals surface area contributed by atoms with Crippen LogP contribution in [0.25, 0.3) is 0 Å². The van der Waals surface area contributed by atoms with E-state index in [9.17, 15) is 4.79 Å². The summed E-state index contributed by atoms with van der Waals surface area (Å²) in [5.41, 5.74) is 0.860. The molecule has 0 fully saturated rings. The van der Waals surface area contributed by atoms with E-state index in [-0.39, 0.29) is 12.5 Å². The molecule has 0 aliphatic rings. The van der Waals surface area contributed by atoms with Crippen LogP contribution in [0.1, 0.15) is 5.69 Å². The van der Waals surface area contributed by atoms with E-state index in [2.05, 4.69) is 20.4 Å². The number of carbonyl (C=O) groups excluding carboxylic acids is 1. The average molecular weight is 217 g/mol. The molecule has 6 heteroatoms. The van der Waals surface area contributed by atoms with Crippen molar-refractivity contribution in [1.29, 1.82) is 0 Å². The lowest BCUT2D eigenvalue weighted by atomic mass is 10.4. The van der Waals surface area contributed by atoms with Crippen molar-refractivity contribution in [1.82, 2.24) is 19.7 Å². The second kappa shape index (κ2) is 4.52. The third-order valence-corrected chi connectivity index (χ3v) is 1.93. The second-order valence-electron chi connectivity index (χ2n) is 3.31. The molecule has 1 amide bonds. The van der Waals surface area contributed by atoms with Crippen molar-refractivity contribution in [2.45, 2.75) is 13.5 Å². The molecule has 0 aliphatic heterocycles. The fourth-order valence-electron chi connectivity index (χ4n) is 1.26. The van der Waals surface area contributed by atoms with Gasteiger partial charge < -0.3 is 5.32 Å². The number of aromatic nitrogens is 4. The Hall–Kier alpha value is -2.24. The Bertz CT molecular complexity index is 480. The standard InChI is InChI=1S/C10H11N5O/c1-8-3-2-4-9(13-8)14-10(16)5-15-7-11-6-12-15/h2-4,6-7H,5H2,1H3,(H,13,14,16). The SMILES string of the molecule is Cc1cccc(NC(=O)Cn2cncn2)n1. The van der Waals surface area contributed by atoms with Gasteiger partial charge in [-0.05, 0) is 19.1 Å². The first-order chi connectivity index (χ1) is 7.74. The van der Waals surface area contributed by atoms with Gasteiger partial charge in [0.2, 0.25) is 5.91 Å². The fourth-order valence-corrected chi connectivity index (χ4v) is 1.26. The Morgan fingerprint density at radius 2 is 2.38 bits per heavy atom. The number of hydrogen-bond acceptors (Lipinski definition) is 4. The van der Waals surface area contributed by atoms with Crippen molar-refractivity contribution in [2.24, 2.45) is 0 Å². The van der Waals surface area contributed by atoms with Crippen LogP contribution in [-0.4, -0.2) is 25.7 Å². The maximum atomic E-state index is 11.6. The van der Waals surface area contributed by atoms with E-state index in [1.807, 2.05) is 19.1 Å². The van der Waals surface area contributed by atoms with E-state index >= 15 is 0 Å². The number of carbonyl (C=O) groups is 1. The van der Waals surface area contributed by atoms with E-state index in [1.54, 1.807) is 6.07 Å². The first-order valence-electron chi connectivity index (χ1n) is 4.80. The topological polar surface area (TPSA) is 72.7 Å². The molecule has 16 heavy (non-hydrogen) atoms. The van der Waals surface area contributed by atoms with Crippen molar-refractivity contribution in [3.63, 3.8) is 0 Å². The van der Waals surface area contributed by atoms with Crippen LogP contribution in [0.2, 0.25) is 0 Å². The van der Waals surface area contributed by atoms with Crippen molar-refractivity contribution >= 4 is 11.7 Å². The van der Waals surface area contributed by atoms with Gasteiger partial charge in [0.25, 0.3) is 0 Å². The molecule has 2 aromatic heterocycles. The number of nitrogens with zero attached hydrogens (tertiary/aromatic N) is 4. The van der Waals surface area contributed by atoms with Crippen LogP contribution in [0.5, 0.6) is 0 Å². The van der Waals surface area contributed by atoms with Crippen LogP contribution < -0.4 is 5.32 Å². The predicted octanol–water partition coefficient (Wildman–Crippen LogP) is 0.620. The Kier molecular flexibility index (Phi) is 2.90. The zero-order valence-corrected chi connectivity index (χ0v) is 8.79. The van der Waals surface area contributed by atoms with Gasteiger partial charge in [0, 0.05) is 5.69 Å². The summed E-state index contributed by atoms with van der Waals surface area (Å²) in [6.07, 6.45) is 2.88. The minimum absolute atomic E-state index is 0.135. The number of pyridine rings is 1. The zero-order chi connectivity index (χ0) is 11.4. The molecule has 6 nitrogen and oxygen atoms in total. The van der Waals surface area contributed by atoms with Crippen molar-refractivity contribution in [3.05, 3.63) is 36.5 Å². The number of hydrogen-bond donors (Lipinski definition) is 1. The fraction of sp³-hybridized carbons (Fsp3) is 0.200. The Labute approximate surface area is 92.3 Å². The average Bonchev–Trinajstić information content (AvgIpc) is 2.70. The molecule has 0 aromatic carbocycles. The Balaban J connectivity index is 1.97. The predicted molar refractivity (Wildman–Crippen MR) is 57.6 cm³/mol. The van der Waals surface area contributed by atoms with Gasteiger partial charge in [-0.3, -0.25) is 4.79 Å². The molecule has 82 valence electrons. The quantitative estimate of drug-likeness (QED) is 0.818. The summed E-state index contributed by atoms with van der Waals surface area (Å²) in [5, 5.41) is 6.52. The van der Waals surface area contributed by atoms with Gasteiger partial charge in [-0.15, -0.1) is 0 Å². The molecule has 0 atom stereocenters. The minimum Gasteiger partial charge on any atom is -0.309 e. The van der Waals surface area contributed by atoms with Gasteiger partial charge >= 0.3 is 0 Å². The highest BCUT2D eigenvalue weighted by Gasteiger charge is 2.04. The van der Waals surface area contributed by atoms with Crippen LogP contribution in [0.3, 0.4) is 0 Å². The van der Waals surface area contributed by atoms with E-state index < -0.39 is 0 Å². The molecular formula is C10H11N5O. The first kappa shape index (κ1) is 10.3. The van der Waals surface area contributed by atoms with Crippen molar-refractivity contribution < 1.29 is 4.79 Å². The highest BCUT2D eigenvalue weighted by molar-refractivity contribution is 5.89. The van der Waals surface area contributed by atoms with E-state index in [0.717, 1.165) is 5.69 Å². The molecule has 0 saturated carbocycles. The lowest BCUT2D eigenvalue weighted by Crippen LogP contribution is -2.19. The van der Waals surface area contributed by atoms with Gasteiger partial charge in [0.15, 0.2) is 0 Å². The molecule has 0 radical (unpaired) electrons. The summed E-state index contributed by atoms with van der Waals surface area (Å²) in [5.74, 6) is 0.369. The maximum absolute atomic E-state index is 11.6. The molecule has 2 aromatic rings. The number of anilines is 1. The van der Waals surface area contributed by atoms with E-state index in [4.69, 9.17) is 0 Å². The van der Waals surface area contributed by atoms with Crippen molar-refractivity contribution in [2.75, 3.05) is 5.32 Å². The molecule has 2 rings (SSSR count). The van der Waals surface area contributed by atoms with Gasteiger partial charge in [-0.1, -0.05) is 6.07 Å². The Morgan fingerprint density at radius 3 is 3.06 bits per heavy atom. The Morgan fingerprint density at radius 1 is 1.50 bits per heavy atom. The van der Waals surface area contributed by atoms with Gasteiger partial charge in [0.1, 0.15) is 25.0 Å². The second-order valence-corrected chi connectivity index (χ2v) is 3.31. The van der Waals surface area contributed by atoms with E-state index in [1.165, 1.54) is 17.3 Å². The molecule has 0 unspecified atom stereocenters. The number of aryl methyl sites for hydroxylation is 1. The zero-order valence-electron chi connectivity index (χ0n) is 8.79. The first-order valence-corrected chi connectivity index (χ1v) is 4.80. The third-order valence-electron chi connectivity index (χ3n) is 1.93. The van der Waals surface area contributed by atoms with Crippen LogP contribution in [0.4, 0.5) is 5.82 Å². The van der Waals surface area contributed by atoms with Crippen LogP contribution in [0.15, 0.2) is 30.9 Å². The van der Waals surface area contributed by atoms with Gasteiger partial charge in [-0.2, -0.15) is 5.10 Å². The largest absolute Gasteiger partial charge is 0.309 e. The lowest BCUT2D eigenvalue weighted by molar-refractivity contribution is -0.116. The normalized spacial score (nSPS) is 10.1. The molecule has 0 saturated heterocycles. The summed E-state index contributed by atoms with van der Waals surface area (Å²) in [4.78, 5) is 19.5. The van der Waals surface area contributed by atoms with Crippen molar-refractivity contribution in [3.8, 4) is 0 Å². The molecule has 0 bridgehead atoms. The molecule has 2 heterocycles. The molecular weight excluding hydrogens is 206 g/mol. The molecule has 0 spiro atoms. The maximum Gasteiger partial charge on any atom is 0.247 e. The van der Waals surface area contributed by atoms with Crippen LogP contribution in [0, 0.1) is 6.92 Å². The van der Waals surface area contributed by atoms with Crippen LogP contribution in [-0.2, 0) is 11.3 Å². The van der Waals surface area contributed by atoms with E-state index in [0.29, 0.717) is 5.82 Å². The van der Waals surface area contributed by atoms with Gasteiger partial charge in [-0.25, -0.2) is 14.6 Å². The molecule has 0 aliphatic carbocycles. The summed E-state index contributed by atoms with van der Waals surface area (Å²) in [6, 6.07) is 5.45. The highest BCUT2D eigenvalue weighted by Crippen LogP contribution is 2.03. The number of rotatable bonds is 3. The summed E-state index contributed by atoms with van der Waals surface area (Å²) in [7, 11) is 0. The monoisotopic (exact) mass is 217 g/mol. The summed E-state index contributed by atoms with van der Waals surface area (Å²) in [6.45, 7) is 2.00. The third kappa shape index (κ3) is 2.63. The lowest BCUT2D eigenvalue weighted by Gasteiger charge is -2.04. The smallest absolute Gasteiger partial charge is 0.247 e. The summed E-state index contributed by atoms with van der Waals surface area (Å²) < 4.78 is 1.45. The number of amides is 1.